The fraction of sp³-hybridized carbons (Fsp3) is 0.316. The predicted molar refractivity (Wildman–Crippen MR) is 93.1 cm³/mol. The molecular weight excluding hydrogens is 300 g/mol. The van der Waals surface area contributed by atoms with Gasteiger partial charge in [-0.05, 0) is 43.5 Å². The van der Waals surface area contributed by atoms with Crippen LogP contribution in [0.15, 0.2) is 36.5 Å². The predicted octanol–water partition coefficient (Wildman–Crippen LogP) is 3.20. The van der Waals surface area contributed by atoms with Crippen LogP contribution in [-0.4, -0.2) is 39.1 Å². The first-order chi connectivity index (χ1) is 11.6. The highest BCUT2D eigenvalue weighted by Crippen LogP contribution is 2.30. The lowest BCUT2D eigenvalue weighted by atomic mass is 9.93. The molecule has 24 heavy (non-hydrogen) atoms. The van der Waals surface area contributed by atoms with Crippen LogP contribution in [0.2, 0.25) is 0 Å². The summed E-state index contributed by atoms with van der Waals surface area (Å²) in [6.45, 7) is 5.80. The fourth-order valence-electron chi connectivity index (χ4n) is 3.59. The summed E-state index contributed by atoms with van der Waals surface area (Å²) >= 11 is 0. The number of fused-ring (bicyclic) bond motifs is 1. The van der Waals surface area contributed by atoms with Crippen LogP contribution in [0.25, 0.3) is 11.0 Å². The molecule has 2 aromatic heterocycles. The van der Waals surface area contributed by atoms with Crippen LogP contribution in [0, 0.1) is 13.8 Å². The molecule has 1 saturated heterocycles. The van der Waals surface area contributed by atoms with Crippen molar-refractivity contribution in [1.82, 2.24) is 20.1 Å². The van der Waals surface area contributed by atoms with Crippen LogP contribution in [0.1, 0.15) is 39.5 Å². The molecule has 5 nitrogen and oxygen atoms in total. The van der Waals surface area contributed by atoms with Crippen molar-refractivity contribution in [1.29, 1.82) is 0 Å². The van der Waals surface area contributed by atoms with E-state index in [1.807, 2.05) is 11.0 Å². The molecule has 1 aliphatic heterocycles. The van der Waals surface area contributed by atoms with Gasteiger partial charge in [-0.3, -0.25) is 9.89 Å². The molecule has 1 atom stereocenters. The average Bonchev–Trinajstić information content (AvgIpc) is 3.22. The number of nitrogens with zero attached hydrogens (tertiary/aromatic N) is 3. The number of likely N-dealkylation sites (tertiary alicyclic amines) is 1. The number of pyridine rings is 1. The van der Waals surface area contributed by atoms with Crippen LogP contribution in [0.5, 0.6) is 0 Å². The Labute approximate surface area is 140 Å². The van der Waals surface area contributed by atoms with Gasteiger partial charge in [0.05, 0.1) is 11.7 Å². The van der Waals surface area contributed by atoms with Gasteiger partial charge in [-0.1, -0.05) is 23.8 Å². The van der Waals surface area contributed by atoms with E-state index in [1.54, 1.807) is 12.3 Å². The molecule has 0 aliphatic carbocycles. The van der Waals surface area contributed by atoms with E-state index in [0.717, 1.165) is 30.5 Å². The Hall–Kier alpha value is -2.69. The van der Waals surface area contributed by atoms with Crippen molar-refractivity contribution in [2.24, 2.45) is 0 Å². The zero-order chi connectivity index (χ0) is 16.7. The van der Waals surface area contributed by atoms with Gasteiger partial charge < -0.3 is 4.90 Å². The monoisotopic (exact) mass is 320 g/mol. The van der Waals surface area contributed by atoms with Gasteiger partial charge in [0.1, 0.15) is 11.2 Å². The lowest BCUT2D eigenvalue weighted by Gasteiger charge is -2.17. The molecule has 0 radical (unpaired) electrons. The first-order valence-electron chi connectivity index (χ1n) is 8.28. The van der Waals surface area contributed by atoms with E-state index in [-0.39, 0.29) is 5.91 Å². The summed E-state index contributed by atoms with van der Waals surface area (Å²) in [5.74, 6) is 0.414. The van der Waals surface area contributed by atoms with Crippen LogP contribution in [0.4, 0.5) is 0 Å². The molecule has 0 saturated carbocycles. The summed E-state index contributed by atoms with van der Waals surface area (Å²) in [7, 11) is 0. The molecule has 1 aromatic carbocycles. The lowest BCUT2D eigenvalue weighted by molar-refractivity contribution is 0.0785. The number of aromatic nitrogens is 3. The van der Waals surface area contributed by atoms with E-state index in [0.29, 0.717) is 11.6 Å². The molecule has 1 unspecified atom stereocenters. The summed E-state index contributed by atoms with van der Waals surface area (Å²) in [6, 6.07) is 10.2. The molecule has 122 valence electrons. The number of hydrogen-bond acceptors (Lipinski definition) is 3. The molecule has 0 bridgehead atoms. The summed E-state index contributed by atoms with van der Waals surface area (Å²) in [5.41, 5.74) is 6.01. The second-order valence-electron chi connectivity index (χ2n) is 6.60. The van der Waals surface area contributed by atoms with Crippen LogP contribution in [0.3, 0.4) is 0 Å². The molecule has 1 aliphatic rings. The number of carbonyl (C=O) groups excluding carboxylic acids is 1. The van der Waals surface area contributed by atoms with Gasteiger partial charge in [0.15, 0.2) is 0 Å². The Morgan fingerprint density at radius 1 is 1.25 bits per heavy atom. The summed E-state index contributed by atoms with van der Waals surface area (Å²) < 4.78 is 0. The maximum Gasteiger partial charge on any atom is 0.272 e. The zero-order valence-corrected chi connectivity index (χ0v) is 13.9. The largest absolute Gasteiger partial charge is 0.337 e. The second-order valence-corrected chi connectivity index (χ2v) is 6.60. The van der Waals surface area contributed by atoms with E-state index >= 15 is 0 Å². The van der Waals surface area contributed by atoms with E-state index in [1.165, 1.54) is 16.7 Å². The van der Waals surface area contributed by atoms with Gasteiger partial charge in [0.25, 0.3) is 5.91 Å². The molecule has 5 heteroatoms. The molecule has 1 amide bonds. The third kappa shape index (κ3) is 2.56. The molecule has 0 spiro atoms. The number of amides is 1. The van der Waals surface area contributed by atoms with Crippen molar-refractivity contribution in [3.8, 4) is 0 Å². The number of H-pyrrole nitrogens is 1. The SMILES string of the molecule is Cc1ccc(C2CCN(C(=O)c3ccc4[nH]ncc4n3)C2)c(C)c1. The molecule has 1 fully saturated rings. The maximum atomic E-state index is 12.8. The topological polar surface area (TPSA) is 61.9 Å². The van der Waals surface area contributed by atoms with Gasteiger partial charge in [-0.2, -0.15) is 5.10 Å². The molecule has 1 N–H and O–H groups in total. The first-order valence-corrected chi connectivity index (χ1v) is 8.28. The number of aromatic amines is 1. The minimum Gasteiger partial charge on any atom is -0.337 e. The van der Waals surface area contributed by atoms with E-state index in [9.17, 15) is 4.79 Å². The Bertz CT molecular complexity index is 915. The lowest BCUT2D eigenvalue weighted by Crippen LogP contribution is -2.29. The van der Waals surface area contributed by atoms with Gasteiger partial charge in [-0.15, -0.1) is 0 Å². The third-order valence-corrected chi connectivity index (χ3v) is 4.86. The quantitative estimate of drug-likeness (QED) is 0.788. The van der Waals surface area contributed by atoms with E-state index in [4.69, 9.17) is 0 Å². The average molecular weight is 320 g/mol. The van der Waals surface area contributed by atoms with Crippen molar-refractivity contribution in [3.63, 3.8) is 0 Å². The van der Waals surface area contributed by atoms with Gasteiger partial charge in [0.2, 0.25) is 0 Å². The highest BCUT2D eigenvalue weighted by Gasteiger charge is 2.29. The van der Waals surface area contributed by atoms with Crippen LogP contribution < -0.4 is 0 Å². The highest BCUT2D eigenvalue weighted by molar-refractivity contribution is 5.94. The Morgan fingerprint density at radius 2 is 2.12 bits per heavy atom. The number of rotatable bonds is 2. The van der Waals surface area contributed by atoms with Gasteiger partial charge >= 0.3 is 0 Å². The number of benzene rings is 1. The third-order valence-electron chi connectivity index (χ3n) is 4.86. The highest BCUT2D eigenvalue weighted by atomic mass is 16.2. The van der Waals surface area contributed by atoms with E-state index in [2.05, 4.69) is 47.2 Å². The molecule has 3 aromatic rings. The fourth-order valence-corrected chi connectivity index (χ4v) is 3.59. The normalized spacial score (nSPS) is 17.6. The van der Waals surface area contributed by atoms with Gasteiger partial charge in [0, 0.05) is 19.0 Å². The summed E-state index contributed by atoms with van der Waals surface area (Å²) in [4.78, 5) is 19.1. The Kier molecular flexibility index (Phi) is 3.56. The Morgan fingerprint density at radius 3 is 2.96 bits per heavy atom. The zero-order valence-electron chi connectivity index (χ0n) is 13.9. The first kappa shape index (κ1) is 14.9. The van der Waals surface area contributed by atoms with Gasteiger partial charge in [-0.25, -0.2) is 4.98 Å². The molecule has 3 heterocycles. The summed E-state index contributed by atoms with van der Waals surface area (Å²) in [6.07, 6.45) is 2.65. The number of aryl methyl sites for hydroxylation is 2. The van der Waals surface area contributed by atoms with Crippen LogP contribution >= 0.6 is 0 Å². The van der Waals surface area contributed by atoms with Crippen LogP contribution in [-0.2, 0) is 0 Å². The number of carbonyl (C=O) groups is 1. The smallest absolute Gasteiger partial charge is 0.272 e. The van der Waals surface area contributed by atoms with E-state index < -0.39 is 0 Å². The number of nitrogens with one attached hydrogen (secondary N) is 1. The van der Waals surface area contributed by atoms with Crippen molar-refractivity contribution < 1.29 is 4.79 Å². The second kappa shape index (κ2) is 5.74. The minimum absolute atomic E-state index is 0.00497. The van der Waals surface area contributed by atoms with Crippen molar-refractivity contribution in [2.75, 3.05) is 13.1 Å². The number of hydrogen-bond donors (Lipinski definition) is 1. The summed E-state index contributed by atoms with van der Waals surface area (Å²) in [5, 5.41) is 6.81. The maximum absolute atomic E-state index is 12.8. The molecular formula is C19H20N4O. The Balaban J connectivity index is 1.54. The van der Waals surface area contributed by atoms with Crippen molar-refractivity contribution in [3.05, 3.63) is 58.9 Å². The standard InChI is InChI=1S/C19H20N4O/c1-12-3-4-15(13(2)9-12)14-7-8-23(11-14)19(24)17-6-5-16-18(21-17)10-20-22-16/h3-6,9-10,14H,7-8,11H2,1-2H3,(H,20,22). The molecule has 4 rings (SSSR count). The van der Waals surface area contributed by atoms with Crippen molar-refractivity contribution in [2.45, 2.75) is 26.2 Å². The van der Waals surface area contributed by atoms with Crippen molar-refractivity contribution >= 4 is 16.9 Å². The minimum atomic E-state index is 0.00497.